The van der Waals surface area contributed by atoms with Gasteiger partial charge in [-0.05, 0) is 168 Å². The average molecular weight is 768 g/mol. The van der Waals surface area contributed by atoms with Gasteiger partial charge >= 0.3 is 6.09 Å². The molecule has 6 aromatic rings. The number of aromatic nitrogens is 4. The second kappa shape index (κ2) is 15.8. The van der Waals surface area contributed by atoms with Gasteiger partial charge in [-0.3, -0.25) is 5.32 Å². The topological polar surface area (TPSA) is 95.7 Å². The Kier molecular flexibility index (Phi) is 10.8. The summed E-state index contributed by atoms with van der Waals surface area (Å²) >= 11 is 0. The number of ether oxygens (including phenoxy) is 1. The lowest BCUT2D eigenvalue weighted by Crippen LogP contribution is -2.27. The molecule has 0 aliphatic carbocycles. The predicted octanol–water partition coefficient (Wildman–Crippen LogP) is 13.9. The third-order valence-corrected chi connectivity index (χ3v) is 10.2. The molecule has 8 bridgehead atoms. The molecule has 0 fully saturated rings. The summed E-state index contributed by atoms with van der Waals surface area (Å²) in [5.74, 6) is 0. The summed E-state index contributed by atoms with van der Waals surface area (Å²) in [5, 5.41) is 2.87. The number of amides is 1. The van der Waals surface area contributed by atoms with Gasteiger partial charge in [0, 0.05) is 44.4 Å². The van der Waals surface area contributed by atoms with Crippen LogP contribution in [0.5, 0.6) is 0 Å². The summed E-state index contributed by atoms with van der Waals surface area (Å²) in [4.78, 5) is 30.9. The van der Waals surface area contributed by atoms with Crippen molar-refractivity contribution in [2.24, 2.45) is 0 Å². The Morgan fingerprint density at radius 3 is 1.57 bits per heavy atom. The zero-order valence-electron chi connectivity index (χ0n) is 35.5. The summed E-state index contributed by atoms with van der Waals surface area (Å²) in [6, 6.07) is 27.4. The van der Waals surface area contributed by atoms with Crippen LogP contribution in [0.2, 0.25) is 0 Å². The number of hydrogen-bond donors (Lipinski definition) is 3. The molecule has 0 saturated heterocycles. The van der Waals surface area contributed by atoms with Gasteiger partial charge < -0.3 is 14.7 Å². The lowest BCUT2D eigenvalue weighted by Gasteiger charge is -2.19. The fraction of sp³-hybridized carbons (Fsp3) is 0.235. The van der Waals surface area contributed by atoms with Gasteiger partial charge in [0.25, 0.3) is 0 Å². The van der Waals surface area contributed by atoms with Crippen LogP contribution in [-0.2, 0) is 4.74 Å². The zero-order valence-corrected chi connectivity index (χ0v) is 35.5. The maximum atomic E-state index is 12.6. The number of anilines is 1. The van der Waals surface area contributed by atoms with E-state index in [-0.39, 0.29) is 0 Å². The lowest BCUT2D eigenvalue weighted by atomic mass is 9.92. The first-order valence-electron chi connectivity index (χ1n) is 20.1. The standard InChI is InChI=1S/C49H47N5O2.C2H6/c1-27-22-29(3)43(30(4)23-27)46-39-16-14-35(50-39)26-36-15-17-40(51-36)47(44-31(5)24-28(2)25-32(44)6)42-21-19-38(54-42)45(37-18-20-41(46)53-37)33-10-12-34(13-11-33)52-48(55)56-49(7,8)9;1-2/h10-26,50,54H,1-9H3,(H,52,55);1-2H3. The number of carbonyl (C=O) groups is 1. The molecular formula is C51H53N5O2. The number of aryl methyl sites for hydroxylation is 6. The van der Waals surface area contributed by atoms with E-state index >= 15 is 0 Å². The molecule has 0 spiro atoms. The number of fused-ring (bicyclic) bond motifs is 8. The van der Waals surface area contributed by atoms with Crippen LogP contribution in [0.15, 0.2) is 78.9 Å². The van der Waals surface area contributed by atoms with Crippen molar-refractivity contribution in [3.05, 3.63) is 135 Å². The monoisotopic (exact) mass is 767 g/mol. The van der Waals surface area contributed by atoms with E-state index in [2.05, 4.69) is 136 Å². The summed E-state index contributed by atoms with van der Waals surface area (Å²) < 4.78 is 5.52. The third kappa shape index (κ3) is 8.03. The van der Waals surface area contributed by atoms with Crippen LogP contribution in [0.3, 0.4) is 0 Å². The van der Waals surface area contributed by atoms with Gasteiger partial charge in [0.1, 0.15) is 5.60 Å². The quantitative estimate of drug-likeness (QED) is 0.166. The van der Waals surface area contributed by atoms with Crippen molar-refractivity contribution in [1.29, 1.82) is 0 Å². The van der Waals surface area contributed by atoms with Crippen LogP contribution < -0.4 is 5.32 Å². The number of H-pyrrole nitrogens is 2. The van der Waals surface area contributed by atoms with Crippen molar-refractivity contribution >= 4 is 58.2 Å². The highest BCUT2D eigenvalue weighted by atomic mass is 16.6. The molecule has 3 aromatic carbocycles. The molecular weight excluding hydrogens is 715 g/mol. The molecule has 8 rings (SSSR count). The SMILES string of the molecule is CC.Cc1cc(C)c(-c2c3nc(c(-c4ccc(NC(=O)OC(C)(C)C)cc4)c4ccc([nH]4)c(-c4c(C)cc(C)cc4C)c4nc(cc5ccc2[nH]5)C=C4)C=C3)c(C)c1. The van der Waals surface area contributed by atoms with Crippen molar-refractivity contribution in [2.45, 2.75) is 81.8 Å². The van der Waals surface area contributed by atoms with E-state index < -0.39 is 11.7 Å². The van der Waals surface area contributed by atoms with Crippen molar-refractivity contribution in [1.82, 2.24) is 19.9 Å². The largest absolute Gasteiger partial charge is 0.444 e. The second-order valence-corrected chi connectivity index (χ2v) is 16.1. The molecule has 2 aliphatic heterocycles. The van der Waals surface area contributed by atoms with Crippen LogP contribution in [0, 0.1) is 41.5 Å². The molecule has 0 saturated carbocycles. The van der Waals surface area contributed by atoms with E-state index in [1.54, 1.807) is 0 Å². The molecule has 7 heteroatoms. The Morgan fingerprint density at radius 1 is 0.552 bits per heavy atom. The third-order valence-electron chi connectivity index (χ3n) is 10.2. The first-order chi connectivity index (χ1) is 27.7. The number of carbonyl (C=O) groups excluding carboxylic acids is 1. The summed E-state index contributed by atoms with van der Waals surface area (Å²) in [5.41, 5.74) is 20.8. The van der Waals surface area contributed by atoms with Gasteiger partial charge in [0.05, 0.1) is 22.8 Å². The first-order valence-corrected chi connectivity index (χ1v) is 20.1. The fourth-order valence-electron chi connectivity index (χ4n) is 8.26. The molecule has 0 radical (unpaired) electrons. The van der Waals surface area contributed by atoms with Gasteiger partial charge in [0.2, 0.25) is 0 Å². The van der Waals surface area contributed by atoms with Crippen LogP contribution >= 0.6 is 0 Å². The van der Waals surface area contributed by atoms with E-state index in [1.807, 2.05) is 58.9 Å². The Labute approximate surface area is 342 Å². The molecule has 1 amide bonds. The van der Waals surface area contributed by atoms with E-state index in [1.165, 1.54) is 33.4 Å². The van der Waals surface area contributed by atoms with Gasteiger partial charge in [-0.1, -0.05) is 61.4 Å². The van der Waals surface area contributed by atoms with Crippen molar-refractivity contribution in [3.8, 4) is 33.4 Å². The van der Waals surface area contributed by atoms with Crippen molar-refractivity contribution < 1.29 is 9.53 Å². The lowest BCUT2D eigenvalue weighted by molar-refractivity contribution is 0.0636. The van der Waals surface area contributed by atoms with E-state index in [0.717, 1.165) is 78.2 Å². The molecule has 3 aromatic heterocycles. The van der Waals surface area contributed by atoms with Crippen LogP contribution in [0.25, 0.3) is 79.8 Å². The minimum atomic E-state index is -0.605. The van der Waals surface area contributed by atoms with Crippen LogP contribution in [0.4, 0.5) is 10.5 Å². The molecule has 0 atom stereocenters. The molecule has 0 unspecified atom stereocenters. The van der Waals surface area contributed by atoms with Gasteiger partial charge in [-0.15, -0.1) is 0 Å². The predicted molar refractivity (Wildman–Crippen MR) is 245 cm³/mol. The minimum Gasteiger partial charge on any atom is -0.444 e. The molecule has 3 N–H and O–H groups in total. The highest BCUT2D eigenvalue weighted by molar-refractivity contribution is 5.99. The number of nitrogens with zero attached hydrogens (tertiary/aromatic N) is 2. The average Bonchev–Trinajstić information content (AvgIpc) is 3.98. The Balaban J connectivity index is 0.00000252. The fourth-order valence-corrected chi connectivity index (χ4v) is 8.26. The smallest absolute Gasteiger partial charge is 0.412 e. The number of benzene rings is 3. The summed E-state index contributed by atoms with van der Waals surface area (Å²) in [6.07, 6.45) is 7.93. The maximum absolute atomic E-state index is 12.6. The van der Waals surface area contributed by atoms with Crippen molar-refractivity contribution in [2.75, 3.05) is 5.32 Å². The van der Waals surface area contributed by atoms with E-state index in [0.29, 0.717) is 5.69 Å². The second-order valence-electron chi connectivity index (χ2n) is 16.1. The minimum absolute atomic E-state index is 0.497. The van der Waals surface area contributed by atoms with E-state index in [4.69, 9.17) is 14.7 Å². The molecule has 2 aliphatic rings. The summed E-state index contributed by atoms with van der Waals surface area (Å²) in [6.45, 7) is 22.5. The highest BCUT2D eigenvalue weighted by Crippen LogP contribution is 2.39. The Bertz CT molecular complexity index is 2710. The van der Waals surface area contributed by atoms with Gasteiger partial charge in [-0.25, -0.2) is 14.8 Å². The maximum Gasteiger partial charge on any atom is 0.412 e. The molecule has 5 heterocycles. The van der Waals surface area contributed by atoms with Crippen LogP contribution in [-0.4, -0.2) is 31.6 Å². The number of aromatic amines is 2. The van der Waals surface area contributed by atoms with Crippen molar-refractivity contribution in [3.63, 3.8) is 0 Å². The Morgan fingerprint density at radius 2 is 1.02 bits per heavy atom. The Hall–Kier alpha value is -6.47. The van der Waals surface area contributed by atoms with E-state index in [9.17, 15) is 4.79 Å². The first kappa shape index (κ1) is 39.8. The van der Waals surface area contributed by atoms with Gasteiger partial charge in [0.15, 0.2) is 0 Å². The summed E-state index contributed by atoms with van der Waals surface area (Å²) in [7, 11) is 0. The van der Waals surface area contributed by atoms with Crippen LogP contribution in [0.1, 0.15) is 90.8 Å². The normalized spacial score (nSPS) is 12.0. The zero-order chi connectivity index (χ0) is 41.5. The number of rotatable bonds is 4. The van der Waals surface area contributed by atoms with Gasteiger partial charge in [-0.2, -0.15) is 0 Å². The number of hydrogen-bond acceptors (Lipinski definition) is 4. The molecule has 7 nitrogen and oxygen atoms in total. The number of nitrogens with one attached hydrogen (secondary N) is 3. The molecule has 294 valence electrons. The molecule has 58 heavy (non-hydrogen) atoms. The highest BCUT2D eigenvalue weighted by Gasteiger charge is 2.21.